The van der Waals surface area contributed by atoms with Crippen LogP contribution >= 0.6 is 0 Å². The smallest absolute Gasteiger partial charge is 0.254 e. The molecular formula is C20H25N3O2. The number of nitrogens with zero attached hydrogens (tertiary/aromatic N) is 2. The molecule has 3 rings (SSSR count). The lowest BCUT2D eigenvalue weighted by molar-refractivity contribution is -0.0586. The first kappa shape index (κ1) is 17.4. The number of carbonyl (C=O) groups is 1. The first-order chi connectivity index (χ1) is 12.0. The molecule has 0 radical (unpaired) electrons. The molecule has 2 aromatic rings. The zero-order valence-corrected chi connectivity index (χ0v) is 15.0. The van der Waals surface area contributed by atoms with E-state index in [0.29, 0.717) is 19.6 Å². The van der Waals surface area contributed by atoms with Gasteiger partial charge in [-0.2, -0.15) is 0 Å². The Bertz CT molecular complexity index is 720. The van der Waals surface area contributed by atoms with Crippen LogP contribution in [0.1, 0.15) is 35.3 Å². The lowest BCUT2D eigenvalue weighted by Gasteiger charge is -2.35. The summed E-state index contributed by atoms with van der Waals surface area (Å²) in [5.41, 5.74) is 3.01. The normalized spacial score (nSPS) is 20.4. The Hall–Kier alpha value is -2.40. The Balaban J connectivity index is 1.60. The van der Waals surface area contributed by atoms with Gasteiger partial charge in [-0.1, -0.05) is 12.1 Å². The van der Waals surface area contributed by atoms with Crippen LogP contribution in [-0.4, -0.2) is 41.1 Å². The second kappa shape index (κ2) is 7.66. The fourth-order valence-electron chi connectivity index (χ4n) is 3.12. The van der Waals surface area contributed by atoms with Crippen LogP contribution in [0.15, 0.2) is 42.6 Å². The predicted octanol–water partition coefficient (Wildman–Crippen LogP) is 3.25. The summed E-state index contributed by atoms with van der Waals surface area (Å²) in [6.45, 7) is 8.02. The van der Waals surface area contributed by atoms with Gasteiger partial charge in [-0.15, -0.1) is 0 Å². The van der Waals surface area contributed by atoms with Crippen molar-refractivity contribution >= 4 is 11.7 Å². The third-order valence-electron chi connectivity index (χ3n) is 4.30. The maximum absolute atomic E-state index is 12.7. The average molecular weight is 339 g/mol. The molecule has 1 aliphatic heterocycles. The third kappa shape index (κ3) is 4.57. The molecule has 1 aliphatic rings. The summed E-state index contributed by atoms with van der Waals surface area (Å²) in [7, 11) is 0. The van der Waals surface area contributed by atoms with Crippen molar-refractivity contribution in [2.45, 2.75) is 39.5 Å². The van der Waals surface area contributed by atoms with Gasteiger partial charge >= 0.3 is 0 Å². The zero-order chi connectivity index (χ0) is 17.8. The molecule has 25 heavy (non-hydrogen) atoms. The van der Waals surface area contributed by atoms with E-state index in [9.17, 15) is 4.79 Å². The Morgan fingerprint density at radius 3 is 2.52 bits per heavy atom. The number of aromatic nitrogens is 1. The summed E-state index contributed by atoms with van der Waals surface area (Å²) < 4.78 is 5.70. The van der Waals surface area contributed by atoms with E-state index in [2.05, 4.69) is 10.3 Å². The van der Waals surface area contributed by atoms with E-state index >= 15 is 0 Å². The number of benzene rings is 1. The second-order valence-corrected chi connectivity index (χ2v) is 6.74. The first-order valence-corrected chi connectivity index (χ1v) is 8.71. The minimum absolute atomic E-state index is 0.0712. The molecule has 0 bridgehead atoms. The maximum Gasteiger partial charge on any atom is 0.254 e. The van der Waals surface area contributed by atoms with Crippen LogP contribution in [-0.2, 0) is 11.3 Å². The molecule has 0 aliphatic carbocycles. The second-order valence-electron chi connectivity index (χ2n) is 6.74. The van der Waals surface area contributed by atoms with Crippen molar-refractivity contribution in [3.8, 4) is 0 Å². The summed E-state index contributed by atoms with van der Waals surface area (Å²) in [5, 5.41) is 3.30. The monoisotopic (exact) mass is 339 g/mol. The highest BCUT2D eigenvalue weighted by Gasteiger charge is 2.26. The van der Waals surface area contributed by atoms with Crippen molar-refractivity contribution in [3.63, 3.8) is 0 Å². The van der Waals surface area contributed by atoms with Crippen molar-refractivity contribution in [3.05, 3.63) is 59.3 Å². The standard InChI is InChI=1S/C20H25N3O2/c1-14-8-9-21-19(10-14)22-11-17-4-6-18(7-5-17)20(24)23-12-15(2)25-16(3)13-23/h4-10,15-16H,11-13H2,1-3H3,(H,21,22)/t15-,16-/m0/s1. The number of hydrogen-bond acceptors (Lipinski definition) is 4. The van der Waals surface area contributed by atoms with Crippen LogP contribution < -0.4 is 5.32 Å². The van der Waals surface area contributed by atoms with E-state index in [1.54, 1.807) is 6.20 Å². The molecular weight excluding hydrogens is 314 g/mol. The highest BCUT2D eigenvalue weighted by Crippen LogP contribution is 2.15. The zero-order valence-electron chi connectivity index (χ0n) is 15.0. The van der Waals surface area contributed by atoms with E-state index < -0.39 is 0 Å². The van der Waals surface area contributed by atoms with E-state index in [0.717, 1.165) is 16.9 Å². The highest BCUT2D eigenvalue weighted by atomic mass is 16.5. The van der Waals surface area contributed by atoms with Crippen LogP contribution in [0.25, 0.3) is 0 Å². The summed E-state index contributed by atoms with van der Waals surface area (Å²) >= 11 is 0. The van der Waals surface area contributed by atoms with E-state index in [-0.39, 0.29) is 18.1 Å². The van der Waals surface area contributed by atoms with Gasteiger partial charge in [0.25, 0.3) is 5.91 Å². The molecule has 1 fully saturated rings. The van der Waals surface area contributed by atoms with Gasteiger partial charge < -0.3 is 15.0 Å². The van der Waals surface area contributed by atoms with E-state index in [1.807, 2.05) is 62.1 Å². The first-order valence-electron chi connectivity index (χ1n) is 8.71. The fraction of sp³-hybridized carbons (Fsp3) is 0.400. The SMILES string of the molecule is Cc1ccnc(NCc2ccc(C(=O)N3C[C@H](C)O[C@@H](C)C3)cc2)c1. The number of amides is 1. The Kier molecular flexibility index (Phi) is 5.34. The van der Waals surface area contributed by atoms with Crippen LogP contribution in [0.2, 0.25) is 0 Å². The number of ether oxygens (including phenoxy) is 1. The van der Waals surface area contributed by atoms with Gasteiger partial charge in [0.05, 0.1) is 12.2 Å². The number of rotatable bonds is 4. The van der Waals surface area contributed by atoms with Crippen molar-refractivity contribution in [1.82, 2.24) is 9.88 Å². The largest absolute Gasteiger partial charge is 0.372 e. The van der Waals surface area contributed by atoms with Gasteiger partial charge in [0.15, 0.2) is 0 Å². The quantitative estimate of drug-likeness (QED) is 0.929. The number of aryl methyl sites for hydroxylation is 1. The molecule has 1 aromatic carbocycles. The molecule has 132 valence electrons. The number of pyridine rings is 1. The van der Waals surface area contributed by atoms with Gasteiger partial charge in [-0.3, -0.25) is 4.79 Å². The molecule has 1 saturated heterocycles. The van der Waals surface area contributed by atoms with Gasteiger partial charge in [-0.05, 0) is 56.2 Å². The van der Waals surface area contributed by atoms with Crippen molar-refractivity contribution in [2.24, 2.45) is 0 Å². The molecule has 2 atom stereocenters. The molecule has 1 amide bonds. The van der Waals surface area contributed by atoms with Gasteiger partial charge in [0.2, 0.25) is 0 Å². The van der Waals surface area contributed by atoms with E-state index in [1.165, 1.54) is 5.56 Å². The molecule has 0 spiro atoms. The lowest BCUT2D eigenvalue weighted by atomic mass is 10.1. The minimum atomic E-state index is 0.0712. The molecule has 5 nitrogen and oxygen atoms in total. The molecule has 2 heterocycles. The van der Waals surface area contributed by atoms with Gasteiger partial charge in [0, 0.05) is 31.4 Å². The van der Waals surface area contributed by atoms with Gasteiger partial charge in [0.1, 0.15) is 5.82 Å². The molecule has 5 heteroatoms. The Morgan fingerprint density at radius 1 is 1.20 bits per heavy atom. The summed E-state index contributed by atoms with van der Waals surface area (Å²) in [6, 6.07) is 11.8. The number of nitrogens with one attached hydrogen (secondary N) is 1. The summed E-state index contributed by atoms with van der Waals surface area (Å²) in [4.78, 5) is 18.8. The van der Waals surface area contributed by atoms with E-state index in [4.69, 9.17) is 4.74 Å². The number of carbonyl (C=O) groups excluding carboxylic acids is 1. The molecule has 0 saturated carbocycles. The third-order valence-corrected chi connectivity index (χ3v) is 4.30. The Labute approximate surface area is 149 Å². The van der Waals surface area contributed by atoms with Crippen molar-refractivity contribution in [1.29, 1.82) is 0 Å². The van der Waals surface area contributed by atoms with Crippen LogP contribution in [0.5, 0.6) is 0 Å². The van der Waals surface area contributed by atoms with Crippen LogP contribution in [0, 0.1) is 6.92 Å². The number of morpholine rings is 1. The average Bonchev–Trinajstić information content (AvgIpc) is 2.59. The highest BCUT2D eigenvalue weighted by molar-refractivity contribution is 5.94. The fourth-order valence-corrected chi connectivity index (χ4v) is 3.12. The lowest BCUT2D eigenvalue weighted by Crippen LogP contribution is -2.48. The number of anilines is 1. The summed E-state index contributed by atoms with van der Waals surface area (Å²) in [5.74, 6) is 0.929. The minimum Gasteiger partial charge on any atom is -0.372 e. The predicted molar refractivity (Wildman–Crippen MR) is 98.7 cm³/mol. The topological polar surface area (TPSA) is 54.5 Å². The van der Waals surface area contributed by atoms with Crippen LogP contribution in [0.3, 0.4) is 0 Å². The van der Waals surface area contributed by atoms with Crippen LogP contribution in [0.4, 0.5) is 5.82 Å². The van der Waals surface area contributed by atoms with Gasteiger partial charge in [-0.25, -0.2) is 4.98 Å². The molecule has 1 N–H and O–H groups in total. The van der Waals surface area contributed by atoms with Crippen molar-refractivity contribution < 1.29 is 9.53 Å². The summed E-state index contributed by atoms with van der Waals surface area (Å²) in [6.07, 6.45) is 1.96. The maximum atomic E-state index is 12.7. The molecule has 0 unspecified atom stereocenters. The van der Waals surface area contributed by atoms with Crippen molar-refractivity contribution in [2.75, 3.05) is 18.4 Å². The Morgan fingerprint density at radius 2 is 1.88 bits per heavy atom. The number of hydrogen-bond donors (Lipinski definition) is 1. The molecule has 1 aromatic heterocycles.